The lowest BCUT2D eigenvalue weighted by Gasteiger charge is -2.30. The van der Waals surface area contributed by atoms with Gasteiger partial charge in [-0.25, -0.2) is 8.42 Å². The third-order valence-corrected chi connectivity index (χ3v) is 7.25. The van der Waals surface area contributed by atoms with Gasteiger partial charge < -0.3 is 5.32 Å². The van der Waals surface area contributed by atoms with Crippen molar-refractivity contribution in [3.63, 3.8) is 0 Å². The fraction of sp³-hybridized carbons (Fsp3) is 0.286. The fourth-order valence-corrected chi connectivity index (χ4v) is 5.24. The first kappa shape index (κ1) is 27.4. The lowest BCUT2D eigenvalue weighted by atomic mass is 9.86. The van der Waals surface area contributed by atoms with Crippen LogP contribution in [0, 0.1) is 0 Å². The number of benzene rings is 3. The van der Waals surface area contributed by atoms with Gasteiger partial charge in [-0.05, 0) is 53.8 Å². The highest BCUT2D eigenvalue weighted by Gasteiger charge is 2.31. The van der Waals surface area contributed by atoms with E-state index in [0.717, 1.165) is 16.1 Å². The quantitative estimate of drug-likeness (QED) is 0.362. The first-order valence-electron chi connectivity index (χ1n) is 11.6. The van der Waals surface area contributed by atoms with Gasteiger partial charge in [0.15, 0.2) is 5.78 Å². The molecule has 8 heteroatoms. The largest absolute Gasteiger partial charge is 0.324 e. The van der Waals surface area contributed by atoms with E-state index in [4.69, 9.17) is 11.6 Å². The van der Waals surface area contributed by atoms with Crippen LogP contribution in [0.5, 0.6) is 0 Å². The fourth-order valence-electron chi connectivity index (χ4n) is 3.90. The highest BCUT2D eigenvalue weighted by molar-refractivity contribution is 7.92. The van der Waals surface area contributed by atoms with Crippen LogP contribution in [0.3, 0.4) is 0 Å². The number of ketones is 1. The Labute approximate surface area is 218 Å². The molecule has 0 aromatic heterocycles. The minimum Gasteiger partial charge on any atom is -0.324 e. The van der Waals surface area contributed by atoms with Gasteiger partial charge in [-0.3, -0.25) is 13.9 Å². The summed E-state index contributed by atoms with van der Waals surface area (Å²) in [7, 11) is -3.78. The van der Waals surface area contributed by atoms with Crippen molar-refractivity contribution >= 4 is 44.7 Å². The number of carbonyl (C=O) groups excluding carboxylic acids is 2. The molecule has 0 saturated carbocycles. The summed E-state index contributed by atoms with van der Waals surface area (Å²) < 4.78 is 26.3. The van der Waals surface area contributed by atoms with Crippen molar-refractivity contribution in [1.29, 1.82) is 0 Å². The van der Waals surface area contributed by atoms with Crippen molar-refractivity contribution < 1.29 is 18.0 Å². The Morgan fingerprint density at radius 1 is 0.944 bits per heavy atom. The molecule has 0 unspecified atom stereocenters. The third kappa shape index (κ3) is 6.53. The molecule has 3 aromatic carbocycles. The molecule has 1 N–H and O–H groups in total. The topological polar surface area (TPSA) is 83.6 Å². The predicted molar refractivity (Wildman–Crippen MR) is 146 cm³/mol. The Bertz CT molecular complexity index is 1350. The smallest absolute Gasteiger partial charge is 0.248 e. The molecule has 3 aromatic rings. The summed E-state index contributed by atoms with van der Waals surface area (Å²) >= 11 is 5.95. The number of amides is 1. The molecule has 0 saturated heterocycles. The van der Waals surface area contributed by atoms with Crippen molar-refractivity contribution in [2.75, 3.05) is 15.9 Å². The highest BCUT2D eigenvalue weighted by Crippen LogP contribution is 2.26. The van der Waals surface area contributed by atoms with E-state index in [1.165, 1.54) is 0 Å². The van der Waals surface area contributed by atoms with Crippen molar-refractivity contribution in [2.24, 2.45) is 0 Å². The van der Waals surface area contributed by atoms with Crippen molar-refractivity contribution in [3.8, 4) is 0 Å². The van der Waals surface area contributed by atoms with Gasteiger partial charge in [-0.2, -0.15) is 0 Å². The summed E-state index contributed by atoms with van der Waals surface area (Å²) in [6.07, 6.45) is 1.29. The van der Waals surface area contributed by atoms with Gasteiger partial charge in [0, 0.05) is 21.8 Å². The second kappa shape index (κ2) is 10.8. The number of carbonyl (C=O) groups is 2. The molecule has 0 heterocycles. The first-order valence-corrected chi connectivity index (χ1v) is 13.8. The Balaban J connectivity index is 1.84. The number of nitrogens with zero attached hydrogens (tertiary/aromatic N) is 1. The predicted octanol–water partition coefficient (Wildman–Crippen LogP) is 6.05. The van der Waals surface area contributed by atoms with Crippen molar-refractivity contribution in [3.05, 3.63) is 94.5 Å². The van der Waals surface area contributed by atoms with Crippen LogP contribution in [0.15, 0.2) is 72.8 Å². The van der Waals surface area contributed by atoms with E-state index < -0.39 is 22.0 Å². The Morgan fingerprint density at radius 2 is 1.56 bits per heavy atom. The Hall–Kier alpha value is -3.16. The van der Waals surface area contributed by atoms with E-state index >= 15 is 0 Å². The van der Waals surface area contributed by atoms with E-state index in [1.54, 1.807) is 67.6 Å². The maximum atomic E-state index is 13.2. The summed E-state index contributed by atoms with van der Waals surface area (Å²) in [5, 5.41) is 3.24. The molecule has 190 valence electrons. The van der Waals surface area contributed by atoms with Crippen LogP contribution in [-0.2, 0) is 20.2 Å². The van der Waals surface area contributed by atoms with Crippen LogP contribution >= 0.6 is 11.6 Å². The molecule has 0 radical (unpaired) electrons. The normalized spacial score (nSPS) is 12.6. The Morgan fingerprint density at radius 3 is 2.08 bits per heavy atom. The number of rotatable bonds is 8. The summed E-state index contributed by atoms with van der Waals surface area (Å²) in [6, 6.07) is 19.4. The van der Waals surface area contributed by atoms with Gasteiger partial charge in [0.25, 0.3) is 0 Å². The molecule has 36 heavy (non-hydrogen) atoms. The number of nitrogens with one attached hydrogen (secondary N) is 1. The highest BCUT2D eigenvalue weighted by atomic mass is 35.5. The van der Waals surface area contributed by atoms with E-state index in [-0.39, 0.29) is 17.6 Å². The maximum absolute atomic E-state index is 13.2. The second-order valence-corrected chi connectivity index (χ2v) is 12.0. The van der Waals surface area contributed by atoms with Crippen LogP contribution in [0.4, 0.5) is 11.4 Å². The summed E-state index contributed by atoms with van der Waals surface area (Å²) in [4.78, 5) is 26.3. The molecule has 1 atom stereocenters. The van der Waals surface area contributed by atoms with Crippen LogP contribution in [0.2, 0.25) is 5.02 Å². The van der Waals surface area contributed by atoms with Gasteiger partial charge in [0.1, 0.15) is 6.04 Å². The van der Waals surface area contributed by atoms with Gasteiger partial charge in [0.2, 0.25) is 15.9 Å². The lowest BCUT2D eigenvalue weighted by Crippen LogP contribution is -2.47. The van der Waals surface area contributed by atoms with Gasteiger partial charge in [-0.1, -0.05) is 75.7 Å². The van der Waals surface area contributed by atoms with Crippen LogP contribution in [0.1, 0.15) is 55.6 Å². The molecule has 0 aliphatic heterocycles. The Kier molecular flexibility index (Phi) is 8.26. The summed E-state index contributed by atoms with van der Waals surface area (Å²) in [6.45, 7) is 8.06. The molecular weight excluding hydrogens is 496 g/mol. The van der Waals surface area contributed by atoms with Gasteiger partial charge >= 0.3 is 0 Å². The van der Waals surface area contributed by atoms with Crippen LogP contribution in [-0.4, -0.2) is 32.4 Å². The van der Waals surface area contributed by atoms with E-state index in [0.29, 0.717) is 27.5 Å². The zero-order chi connectivity index (χ0) is 26.7. The molecule has 1 amide bonds. The standard InChI is InChI=1S/C28H31ClN2O4S/c1-6-25(31(36(5,34)35)24-16-14-22(29)15-17-24)27(33)30-23-9-7-8-20(18-23)26(32)19-10-12-21(13-11-19)28(2,3)4/h7-18,25H,6H2,1-5H3,(H,30,33)/t25-/m1/s1. The average Bonchev–Trinajstić information content (AvgIpc) is 2.81. The second-order valence-electron chi connectivity index (χ2n) is 9.69. The van der Waals surface area contributed by atoms with Gasteiger partial charge in [0.05, 0.1) is 11.9 Å². The number of hydrogen-bond donors (Lipinski definition) is 1. The minimum absolute atomic E-state index is 0.0204. The first-order chi connectivity index (χ1) is 16.8. The van der Waals surface area contributed by atoms with Crippen LogP contribution < -0.4 is 9.62 Å². The number of halogens is 1. The summed E-state index contributed by atoms with van der Waals surface area (Å²) in [5.74, 6) is -0.672. The third-order valence-electron chi connectivity index (χ3n) is 5.82. The molecule has 0 spiro atoms. The molecule has 0 fully saturated rings. The van der Waals surface area contributed by atoms with E-state index in [1.807, 2.05) is 12.1 Å². The number of hydrogen-bond acceptors (Lipinski definition) is 4. The molecule has 0 aliphatic rings. The van der Waals surface area contributed by atoms with E-state index in [2.05, 4.69) is 26.1 Å². The average molecular weight is 527 g/mol. The minimum atomic E-state index is -3.78. The maximum Gasteiger partial charge on any atom is 0.248 e. The van der Waals surface area contributed by atoms with Crippen molar-refractivity contribution in [2.45, 2.75) is 45.6 Å². The van der Waals surface area contributed by atoms with Gasteiger partial charge in [-0.15, -0.1) is 0 Å². The van der Waals surface area contributed by atoms with Crippen molar-refractivity contribution in [1.82, 2.24) is 0 Å². The number of sulfonamides is 1. The number of anilines is 2. The van der Waals surface area contributed by atoms with E-state index in [9.17, 15) is 18.0 Å². The molecule has 0 aliphatic carbocycles. The molecule has 0 bridgehead atoms. The zero-order valence-corrected chi connectivity index (χ0v) is 22.7. The monoisotopic (exact) mass is 526 g/mol. The molecule has 6 nitrogen and oxygen atoms in total. The zero-order valence-electron chi connectivity index (χ0n) is 21.1. The lowest BCUT2D eigenvalue weighted by molar-refractivity contribution is -0.117. The molecular formula is C28H31ClN2O4S. The SMILES string of the molecule is CC[C@H](C(=O)Nc1cccc(C(=O)c2ccc(C(C)(C)C)cc2)c1)N(c1ccc(Cl)cc1)S(C)(=O)=O. The van der Waals surface area contributed by atoms with Crippen LogP contribution in [0.25, 0.3) is 0 Å². The molecule has 3 rings (SSSR count). The summed E-state index contributed by atoms with van der Waals surface area (Å²) in [5.41, 5.74) is 2.81.